The largest absolute Gasteiger partial charge is 0.343 e. The maximum Gasteiger partial charge on any atom is 0.315 e. The minimum absolute atomic E-state index is 0.0696. The van der Waals surface area contributed by atoms with E-state index in [9.17, 15) is 9.59 Å². The van der Waals surface area contributed by atoms with Crippen LogP contribution in [0.15, 0.2) is 12.1 Å². The van der Waals surface area contributed by atoms with Gasteiger partial charge in [0, 0.05) is 30.9 Å². The van der Waals surface area contributed by atoms with Crippen LogP contribution in [-0.2, 0) is 4.79 Å². The van der Waals surface area contributed by atoms with Crippen molar-refractivity contribution in [2.75, 3.05) is 13.1 Å². The number of hydrogen-bond acceptors (Lipinski definition) is 3. The maximum absolute atomic E-state index is 12.0. The molecule has 1 aromatic heterocycles. The van der Waals surface area contributed by atoms with E-state index in [2.05, 4.69) is 10.6 Å². The van der Waals surface area contributed by atoms with Gasteiger partial charge in [0.25, 0.3) is 0 Å². The fourth-order valence-corrected chi connectivity index (χ4v) is 3.46. The zero-order chi connectivity index (χ0) is 15.4. The van der Waals surface area contributed by atoms with Crippen molar-refractivity contribution in [1.29, 1.82) is 0 Å². The van der Waals surface area contributed by atoms with Crippen LogP contribution in [0.5, 0.6) is 0 Å². The number of carbonyl (C=O) groups is 2. The summed E-state index contributed by atoms with van der Waals surface area (Å²) in [6.07, 6.45) is 1.60. The first-order valence-corrected chi connectivity index (χ1v) is 8.23. The van der Waals surface area contributed by atoms with Crippen molar-refractivity contribution in [3.63, 3.8) is 0 Å². The summed E-state index contributed by atoms with van der Waals surface area (Å²) in [7, 11) is 0. The third kappa shape index (κ3) is 4.61. The van der Waals surface area contributed by atoms with Gasteiger partial charge in [0.1, 0.15) is 0 Å². The van der Waals surface area contributed by atoms with E-state index in [-0.39, 0.29) is 24.0 Å². The van der Waals surface area contributed by atoms with Gasteiger partial charge in [0.2, 0.25) is 5.91 Å². The Morgan fingerprint density at radius 3 is 2.57 bits per heavy atom. The first-order chi connectivity index (χ1) is 9.95. The molecule has 116 valence electrons. The van der Waals surface area contributed by atoms with Crippen molar-refractivity contribution in [3.8, 4) is 0 Å². The summed E-state index contributed by atoms with van der Waals surface area (Å²) in [4.78, 5) is 26.1. The zero-order valence-corrected chi connectivity index (χ0v) is 13.8. The van der Waals surface area contributed by atoms with Crippen molar-refractivity contribution in [3.05, 3.63) is 21.3 Å². The highest BCUT2D eigenvalue weighted by Crippen LogP contribution is 2.26. The molecule has 2 N–H and O–H groups in total. The lowest BCUT2D eigenvalue weighted by Crippen LogP contribution is -2.49. The summed E-state index contributed by atoms with van der Waals surface area (Å²) >= 11 is 7.36. The second kappa shape index (κ2) is 7.13. The normalized spacial score (nSPS) is 17.4. The molecule has 1 fully saturated rings. The number of halogens is 1. The molecule has 0 aromatic carbocycles. The van der Waals surface area contributed by atoms with Gasteiger partial charge >= 0.3 is 6.03 Å². The Labute approximate surface area is 133 Å². The molecule has 5 nitrogen and oxygen atoms in total. The van der Waals surface area contributed by atoms with Gasteiger partial charge in [-0.1, -0.05) is 11.6 Å². The molecule has 1 aliphatic rings. The van der Waals surface area contributed by atoms with E-state index in [1.54, 1.807) is 6.92 Å². The molecule has 1 aliphatic heterocycles. The Bertz CT molecular complexity index is 512. The van der Waals surface area contributed by atoms with Gasteiger partial charge in [-0.25, -0.2) is 4.79 Å². The summed E-state index contributed by atoms with van der Waals surface area (Å²) in [5.74, 6) is 0.0982. The van der Waals surface area contributed by atoms with Crippen LogP contribution in [-0.4, -0.2) is 36.0 Å². The lowest BCUT2D eigenvalue weighted by atomic mass is 10.1. The van der Waals surface area contributed by atoms with Crippen LogP contribution in [0.4, 0.5) is 4.79 Å². The first kappa shape index (κ1) is 16.1. The van der Waals surface area contributed by atoms with E-state index in [4.69, 9.17) is 11.6 Å². The van der Waals surface area contributed by atoms with E-state index < -0.39 is 0 Å². The minimum atomic E-state index is -0.173. The average molecular weight is 330 g/mol. The van der Waals surface area contributed by atoms with Crippen molar-refractivity contribution in [2.24, 2.45) is 0 Å². The van der Waals surface area contributed by atoms with Crippen LogP contribution < -0.4 is 10.6 Å². The van der Waals surface area contributed by atoms with E-state index in [1.807, 2.05) is 24.0 Å². The van der Waals surface area contributed by atoms with Crippen LogP contribution in [0.25, 0.3) is 0 Å². The molecule has 2 heterocycles. The number of likely N-dealkylation sites (tertiary alicyclic amines) is 1. The highest BCUT2D eigenvalue weighted by Gasteiger charge is 2.22. The molecule has 3 amide bonds. The van der Waals surface area contributed by atoms with Crippen LogP contribution in [0.2, 0.25) is 4.34 Å². The smallest absolute Gasteiger partial charge is 0.315 e. The lowest BCUT2D eigenvalue weighted by Gasteiger charge is -2.31. The van der Waals surface area contributed by atoms with Crippen molar-refractivity contribution in [1.82, 2.24) is 15.5 Å². The van der Waals surface area contributed by atoms with Crippen molar-refractivity contribution in [2.45, 2.75) is 38.8 Å². The molecular weight excluding hydrogens is 310 g/mol. The molecule has 0 spiro atoms. The van der Waals surface area contributed by atoms with Gasteiger partial charge in [-0.3, -0.25) is 4.79 Å². The number of rotatable bonds is 3. The molecule has 1 unspecified atom stereocenters. The lowest BCUT2D eigenvalue weighted by molar-refractivity contribution is -0.129. The second-order valence-corrected chi connectivity index (χ2v) is 7.01. The fraction of sp³-hybridized carbons (Fsp3) is 0.571. The molecule has 0 saturated carbocycles. The topological polar surface area (TPSA) is 61.4 Å². The standard InChI is InChI=1S/C14H20ClN3O2S/c1-9(12-3-4-13(15)21-12)16-14(20)17-11-5-7-18(8-6-11)10(2)19/h3-4,9,11H,5-8H2,1-2H3,(H2,16,17,20). The summed E-state index contributed by atoms with van der Waals surface area (Å²) in [6.45, 7) is 4.92. The third-order valence-corrected chi connectivity index (χ3v) is 5.06. The van der Waals surface area contributed by atoms with Gasteiger partial charge in [-0.2, -0.15) is 0 Å². The average Bonchev–Trinajstić information content (AvgIpc) is 2.86. The Balaban J connectivity index is 1.76. The molecule has 1 saturated heterocycles. The summed E-state index contributed by atoms with van der Waals surface area (Å²) < 4.78 is 0.718. The zero-order valence-electron chi connectivity index (χ0n) is 12.2. The monoisotopic (exact) mass is 329 g/mol. The van der Waals surface area contributed by atoms with Crippen LogP contribution in [0.3, 0.4) is 0 Å². The highest BCUT2D eigenvalue weighted by atomic mass is 35.5. The maximum atomic E-state index is 12.0. The molecule has 7 heteroatoms. The van der Waals surface area contributed by atoms with Crippen molar-refractivity contribution < 1.29 is 9.59 Å². The molecule has 1 aromatic rings. The van der Waals surface area contributed by atoms with Crippen LogP contribution in [0.1, 0.15) is 37.6 Å². The van der Waals surface area contributed by atoms with Gasteiger partial charge < -0.3 is 15.5 Å². The molecule has 1 atom stereocenters. The number of carbonyl (C=O) groups excluding carboxylic acids is 2. The summed E-state index contributed by atoms with van der Waals surface area (Å²) in [5, 5.41) is 5.88. The molecule has 21 heavy (non-hydrogen) atoms. The second-order valence-electron chi connectivity index (χ2n) is 5.26. The quantitative estimate of drug-likeness (QED) is 0.895. The Morgan fingerprint density at radius 1 is 1.38 bits per heavy atom. The Kier molecular flexibility index (Phi) is 5.47. The van der Waals surface area contributed by atoms with Gasteiger partial charge in [-0.05, 0) is 31.9 Å². The fourth-order valence-electron chi connectivity index (χ4n) is 2.39. The highest BCUT2D eigenvalue weighted by molar-refractivity contribution is 7.16. The minimum Gasteiger partial charge on any atom is -0.343 e. The number of urea groups is 1. The Hall–Kier alpha value is -1.27. The predicted molar refractivity (Wildman–Crippen MR) is 84.7 cm³/mol. The SMILES string of the molecule is CC(=O)N1CCC(NC(=O)NC(C)c2ccc(Cl)s2)CC1. The van der Waals surface area contributed by atoms with Crippen LogP contribution in [0, 0.1) is 0 Å². The predicted octanol–water partition coefficient (Wildman–Crippen LogP) is 2.77. The number of piperidine rings is 1. The molecule has 0 aliphatic carbocycles. The molecule has 0 bridgehead atoms. The molecular formula is C14H20ClN3O2S. The van der Waals surface area contributed by atoms with E-state index >= 15 is 0 Å². The number of hydrogen-bond donors (Lipinski definition) is 2. The van der Waals surface area contributed by atoms with Gasteiger partial charge in [0.15, 0.2) is 0 Å². The summed E-state index contributed by atoms with van der Waals surface area (Å²) in [5.41, 5.74) is 0. The third-order valence-electron chi connectivity index (χ3n) is 3.64. The van der Waals surface area contributed by atoms with E-state index in [0.29, 0.717) is 13.1 Å². The van der Waals surface area contributed by atoms with Crippen molar-refractivity contribution >= 4 is 34.9 Å². The number of nitrogens with one attached hydrogen (secondary N) is 2. The van der Waals surface area contributed by atoms with Crippen LogP contribution >= 0.6 is 22.9 Å². The van der Waals surface area contributed by atoms with E-state index in [0.717, 1.165) is 22.1 Å². The first-order valence-electron chi connectivity index (χ1n) is 7.03. The number of nitrogens with zero attached hydrogens (tertiary/aromatic N) is 1. The molecule has 0 radical (unpaired) electrons. The summed E-state index contributed by atoms with van der Waals surface area (Å²) in [6, 6.07) is 3.63. The van der Waals surface area contributed by atoms with E-state index in [1.165, 1.54) is 11.3 Å². The molecule has 2 rings (SSSR count). The number of thiophene rings is 1. The Morgan fingerprint density at radius 2 is 2.05 bits per heavy atom. The van der Waals surface area contributed by atoms with Gasteiger partial charge in [0.05, 0.1) is 10.4 Å². The number of amides is 3. The van der Waals surface area contributed by atoms with Gasteiger partial charge in [-0.15, -0.1) is 11.3 Å².